The second-order valence-corrected chi connectivity index (χ2v) is 14.1. The third kappa shape index (κ3) is 5.60. The van der Waals surface area contributed by atoms with Crippen LogP contribution in [0.25, 0.3) is 54.2 Å². The van der Waals surface area contributed by atoms with Crippen molar-refractivity contribution in [1.82, 2.24) is 0 Å². The molecule has 2 heteroatoms. The predicted octanol–water partition coefficient (Wildman–Crippen LogP) is 14.5. The number of hydrogen-bond acceptors (Lipinski definition) is 2. The highest BCUT2D eigenvalue weighted by molar-refractivity contribution is 6.15. The van der Waals surface area contributed by atoms with E-state index in [1.54, 1.807) is 0 Å². The third-order valence-corrected chi connectivity index (χ3v) is 10.9. The molecule has 2 nitrogen and oxygen atoms in total. The molecular weight excluding hydrogens is 653 g/mol. The summed E-state index contributed by atoms with van der Waals surface area (Å²) in [5, 5.41) is 10.1. The van der Waals surface area contributed by atoms with Gasteiger partial charge in [-0.2, -0.15) is 0 Å². The van der Waals surface area contributed by atoms with Gasteiger partial charge in [0.05, 0.1) is 17.4 Å². The Morgan fingerprint density at radius 1 is 0.370 bits per heavy atom. The summed E-state index contributed by atoms with van der Waals surface area (Å²) in [5.41, 5.74) is 8.20. The first kappa shape index (κ1) is 31.8. The summed E-state index contributed by atoms with van der Waals surface area (Å²) < 4.78 is 0. The molecule has 10 rings (SSSR count). The van der Waals surface area contributed by atoms with Gasteiger partial charge in [0.25, 0.3) is 0 Å². The van der Waals surface area contributed by atoms with Gasteiger partial charge in [-0.25, -0.2) is 0 Å². The molecule has 0 spiro atoms. The van der Waals surface area contributed by atoms with Crippen LogP contribution in [0.4, 0.5) is 28.4 Å². The minimum Gasteiger partial charge on any atom is -0.334 e. The number of nitrogens with zero attached hydrogens (tertiary/aromatic N) is 2. The van der Waals surface area contributed by atoms with Gasteiger partial charge in [-0.3, -0.25) is 0 Å². The van der Waals surface area contributed by atoms with Gasteiger partial charge in [0.2, 0.25) is 0 Å². The Kier molecular flexibility index (Phi) is 8.00. The monoisotopic (exact) mass is 690 g/mol. The minimum absolute atomic E-state index is 0.208. The summed E-state index contributed by atoms with van der Waals surface area (Å²) in [6.45, 7) is 0. The maximum Gasteiger partial charge on any atom is 0.0560 e. The number of fused-ring (bicyclic) bond motifs is 6. The van der Waals surface area contributed by atoms with Crippen LogP contribution in [0.15, 0.2) is 212 Å². The van der Waals surface area contributed by atoms with Crippen LogP contribution in [-0.4, -0.2) is 6.04 Å². The first-order chi connectivity index (χ1) is 26.8. The number of benzene rings is 9. The molecule has 0 saturated heterocycles. The van der Waals surface area contributed by atoms with E-state index in [0.717, 1.165) is 17.8 Å². The second-order valence-electron chi connectivity index (χ2n) is 14.1. The number of para-hydroxylation sites is 1. The van der Waals surface area contributed by atoms with Crippen molar-refractivity contribution in [3.05, 3.63) is 212 Å². The fraction of sp³-hybridized carbons (Fsp3) is 0.0385. The summed E-state index contributed by atoms with van der Waals surface area (Å²) in [7, 11) is 0. The molecule has 0 saturated carbocycles. The zero-order valence-electron chi connectivity index (χ0n) is 29.9. The number of allylic oxidation sites excluding steroid dienone is 2. The van der Waals surface area contributed by atoms with Gasteiger partial charge in [0.1, 0.15) is 0 Å². The summed E-state index contributed by atoms with van der Waals surface area (Å²) in [4.78, 5) is 4.91. The van der Waals surface area contributed by atoms with Crippen molar-refractivity contribution in [3.63, 3.8) is 0 Å². The van der Waals surface area contributed by atoms with Crippen LogP contribution in [0.1, 0.15) is 6.42 Å². The molecule has 0 fully saturated rings. The van der Waals surface area contributed by atoms with Crippen LogP contribution in [0.2, 0.25) is 0 Å². The largest absolute Gasteiger partial charge is 0.334 e. The molecule has 1 aliphatic rings. The fourth-order valence-corrected chi connectivity index (χ4v) is 8.34. The van der Waals surface area contributed by atoms with Gasteiger partial charge >= 0.3 is 0 Å². The molecule has 9 aromatic rings. The van der Waals surface area contributed by atoms with Crippen LogP contribution in [0.3, 0.4) is 0 Å². The molecule has 1 aliphatic carbocycles. The van der Waals surface area contributed by atoms with E-state index >= 15 is 0 Å². The Hall–Kier alpha value is -6.90. The minimum atomic E-state index is 0.208. The molecule has 1 unspecified atom stereocenters. The van der Waals surface area contributed by atoms with Gasteiger partial charge in [0, 0.05) is 27.8 Å². The molecule has 0 aromatic heterocycles. The smallest absolute Gasteiger partial charge is 0.0560 e. The highest BCUT2D eigenvalue weighted by atomic mass is 15.2. The van der Waals surface area contributed by atoms with E-state index in [1.807, 2.05) is 0 Å². The number of hydrogen-bond donors (Lipinski definition) is 0. The van der Waals surface area contributed by atoms with Crippen LogP contribution in [0, 0.1) is 0 Å². The van der Waals surface area contributed by atoms with E-state index in [0.29, 0.717) is 0 Å². The van der Waals surface area contributed by atoms with E-state index in [1.165, 1.54) is 71.3 Å². The molecular formula is C52H38N2. The third-order valence-electron chi connectivity index (χ3n) is 10.9. The Morgan fingerprint density at radius 2 is 0.833 bits per heavy atom. The number of anilines is 5. The lowest BCUT2D eigenvalue weighted by molar-refractivity contribution is 0.788. The van der Waals surface area contributed by atoms with Gasteiger partial charge in [-0.05, 0) is 98.4 Å². The standard InChI is InChI=1S/C52H38N2/c1-3-17-41(18-4-1)53(51-35-39-15-7-9-21-45(39)47-23-11-13-25-49(47)51)43-31-27-37(28-32-43)38-29-33-44(34-30-38)54(42-19-5-2-6-20-42)52-36-40-16-8-10-22-46(40)48-24-12-14-26-50(48)52/h1-19,21-36,42H,20H2. The van der Waals surface area contributed by atoms with Gasteiger partial charge in [-0.15, -0.1) is 0 Å². The van der Waals surface area contributed by atoms with Crippen LogP contribution < -0.4 is 9.80 Å². The van der Waals surface area contributed by atoms with Crippen LogP contribution in [0.5, 0.6) is 0 Å². The van der Waals surface area contributed by atoms with Crippen molar-refractivity contribution < 1.29 is 0 Å². The Bertz CT molecular complexity index is 2850. The van der Waals surface area contributed by atoms with E-state index in [2.05, 4.69) is 222 Å². The molecule has 0 radical (unpaired) electrons. The average Bonchev–Trinajstić information content (AvgIpc) is 3.25. The van der Waals surface area contributed by atoms with Gasteiger partial charge in [-0.1, -0.05) is 164 Å². The molecule has 0 bridgehead atoms. The Balaban J connectivity index is 1.04. The van der Waals surface area contributed by atoms with Gasteiger partial charge < -0.3 is 9.80 Å². The molecule has 0 N–H and O–H groups in total. The van der Waals surface area contributed by atoms with Crippen LogP contribution >= 0.6 is 0 Å². The van der Waals surface area contributed by atoms with Crippen molar-refractivity contribution in [2.45, 2.75) is 12.5 Å². The normalized spacial score (nSPS) is 13.9. The Labute approximate surface area is 316 Å². The first-order valence-corrected chi connectivity index (χ1v) is 18.8. The number of rotatable bonds is 7. The van der Waals surface area contributed by atoms with Gasteiger partial charge in [0.15, 0.2) is 0 Å². The second kappa shape index (κ2) is 13.6. The lowest BCUT2D eigenvalue weighted by Crippen LogP contribution is -2.30. The van der Waals surface area contributed by atoms with Crippen molar-refractivity contribution in [3.8, 4) is 11.1 Å². The predicted molar refractivity (Wildman–Crippen MR) is 232 cm³/mol. The zero-order valence-corrected chi connectivity index (χ0v) is 29.9. The SMILES string of the molecule is C1=CCC(N(c2ccc(-c3ccc(N(c4ccccc4)c4cc5ccccc5c5ccccc45)cc3)cc2)c2cc3ccccc3c3ccccc23)C=C1. The van der Waals surface area contributed by atoms with E-state index < -0.39 is 0 Å². The van der Waals surface area contributed by atoms with Crippen LogP contribution in [-0.2, 0) is 0 Å². The van der Waals surface area contributed by atoms with E-state index in [-0.39, 0.29) is 6.04 Å². The zero-order chi connectivity index (χ0) is 35.8. The quantitative estimate of drug-likeness (QED) is 0.154. The van der Waals surface area contributed by atoms with Crippen molar-refractivity contribution in [2.24, 2.45) is 0 Å². The van der Waals surface area contributed by atoms with Crippen molar-refractivity contribution in [2.75, 3.05) is 9.80 Å². The highest BCUT2D eigenvalue weighted by Gasteiger charge is 2.22. The summed E-state index contributed by atoms with van der Waals surface area (Å²) in [5.74, 6) is 0. The molecule has 256 valence electrons. The Morgan fingerprint density at radius 3 is 1.41 bits per heavy atom. The molecule has 0 heterocycles. The van der Waals surface area contributed by atoms with E-state index in [9.17, 15) is 0 Å². The topological polar surface area (TPSA) is 6.48 Å². The maximum atomic E-state index is 2.52. The average molecular weight is 691 g/mol. The molecule has 9 aromatic carbocycles. The summed E-state index contributed by atoms with van der Waals surface area (Å²) in [6.07, 6.45) is 9.89. The summed E-state index contributed by atoms with van der Waals surface area (Å²) in [6, 6.07) is 68.8. The molecule has 1 atom stereocenters. The fourth-order valence-electron chi connectivity index (χ4n) is 8.34. The molecule has 0 amide bonds. The maximum absolute atomic E-state index is 2.52. The highest BCUT2D eigenvalue weighted by Crippen LogP contribution is 2.43. The van der Waals surface area contributed by atoms with E-state index in [4.69, 9.17) is 0 Å². The van der Waals surface area contributed by atoms with Crippen molar-refractivity contribution in [1.29, 1.82) is 0 Å². The first-order valence-electron chi connectivity index (χ1n) is 18.8. The lowest BCUT2D eigenvalue weighted by Gasteiger charge is -2.34. The lowest BCUT2D eigenvalue weighted by atomic mass is 9.97. The van der Waals surface area contributed by atoms with Crippen molar-refractivity contribution >= 4 is 71.5 Å². The molecule has 0 aliphatic heterocycles. The molecule has 54 heavy (non-hydrogen) atoms. The summed E-state index contributed by atoms with van der Waals surface area (Å²) >= 11 is 0.